The number of aliphatic imine (C=N–C) groups is 1. The van der Waals surface area contributed by atoms with Gasteiger partial charge in [0.2, 0.25) is 6.79 Å². The third kappa shape index (κ3) is 5.22. The average molecular weight is 511 g/mol. The number of para-hydroxylation sites is 1. The van der Waals surface area contributed by atoms with Gasteiger partial charge in [0.05, 0.1) is 5.56 Å². The number of aryl methyl sites for hydroxylation is 1. The van der Waals surface area contributed by atoms with Gasteiger partial charge in [-0.15, -0.1) is 11.3 Å². The highest BCUT2D eigenvalue weighted by Crippen LogP contribution is 2.40. The third-order valence-corrected chi connectivity index (χ3v) is 7.66. The summed E-state index contributed by atoms with van der Waals surface area (Å²) < 4.78 is 16.7. The van der Waals surface area contributed by atoms with E-state index in [9.17, 15) is 4.79 Å². The number of amides is 1. The maximum absolute atomic E-state index is 13.3. The molecule has 0 unspecified atom stereocenters. The van der Waals surface area contributed by atoms with Crippen molar-refractivity contribution in [1.29, 1.82) is 0 Å². The Morgan fingerprint density at radius 1 is 0.973 bits per heavy atom. The van der Waals surface area contributed by atoms with E-state index in [-0.39, 0.29) is 12.7 Å². The number of benzene rings is 3. The fraction of sp³-hybridized carbons (Fsp3) is 0.200. The van der Waals surface area contributed by atoms with E-state index in [1.807, 2.05) is 79.0 Å². The maximum atomic E-state index is 13.3. The van der Waals surface area contributed by atoms with Gasteiger partial charge in [-0.3, -0.25) is 4.79 Å². The fourth-order valence-corrected chi connectivity index (χ4v) is 5.80. The lowest BCUT2D eigenvalue weighted by molar-refractivity contribution is 0.102. The molecule has 0 spiro atoms. The molecule has 1 amide bonds. The van der Waals surface area contributed by atoms with Crippen LogP contribution in [0, 0.1) is 0 Å². The summed E-state index contributed by atoms with van der Waals surface area (Å²) in [4.78, 5) is 19.3. The Labute approximate surface area is 219 Å². The molecule has 4 aromatic rings. The van der Waals surface area contributed by atoms with Crippen molar-refractivity contribution in [3.63, 3.8) is 0 Å². The summed E-state index contributed by atoms with van der Waals surface area (Å²) in [6.07, 6.45) is 6.01. The number of ether oxygens (including phenoxy) is 3. The number of thiophene rings is 1. The molecular weight excluding hydrogens is 484 g/mol. The minimum atomic E-state index is -0.0926. The van der Waals surface area contributed by atoms with E-state index in [1.54, 1.807) is 11.3 Å². The van der Waals surface area contributed by atoms with Crippen molar-refractivity contribution in [3.05, 3.63) is 99.9 Å². The number of hydrogen-bond donors (Lipinski definition) is 1. The van der Waals surface area contributed by atoms with E-state index in [0.717, 1.165) is 70.3 Å². The Morgan fingerprint density at radius 2 is 1.78 bits per heavy atom. The van der Waals surface area contributed by atoms with E-state index in [1.165, 1.54) is 4.88 Å². The Bertz CT molecular complexity index is 1440. The van der Waals surface area contributed by atoms with E-state index in [4.69, 9.17) is 19.2 Å². The molecule has 1 aromatic heterocycles. The summed E-state index contributed by atoms with van der Waals surface area (Å²) in [7, 11) is 0. The molecule has 2 aliphatic rings. The quantitative estimate of drug-likeness (QED) is 0.274. The highest BCUT2D eigenvalue weighted by Gasteiger charge is 2.25. The summed E-state index contributed by atoms with van der Waals surface area (Å²) in [5, 5.41) is 3.81. The Balaban J connectivity index is 1.16. The van der Waals surface area contributed by atoms with Crippen molar-refractivity contribution in [3.8, 4) is 17.2 Å². The van der Waals surface area contributed by atoms with Crippen molar-refractivity contribution < 1.29 is 19.0 Å². The lowest BCUT2D eigenvalue weighted by Crippen LogP contribution is -2.14. The molecule has 186 valence electrons. The van der Waals surface area contributed by atoms with Gasteiger partial charge in [0.1, 0.15) is 17.4 Å². The molecule has 0 fully saturated rings. The lowest BCUT2D eigenvalue weighted by Gasteiger charge is -2.12. The Kier molecular flexibility index (Phi) is 6.60. The second-order valence-electron chi connectivity index (χ2n) is 9.01. The van der Waals surface area contributed by atoms with Gasteiger partial charge in [-0.05, 0) is 90.9 Å². The lowest BCUT2D eigenvalue weighted by atomic mass is 9.95. The minimum absolute atomic E-state index is 0.0926. The van der Waals surface area contributed by atoms with Crippen LogP contribution in [0.15, 0.2) is 77.8 Å². The number of fused-ring (bicyclic) bond motifs is 2. The molecule has 2 heterocycles. The van der Waals surface area contributed by atoms with Gasteiger partial charge in [-0.1, -0.05) is 24.3 Å². The number of nitrogens with one attached hydrogen (secondary N) is 1. The second-order valence-corrected chi connectivity index (χ2v) is 10.1. The summed E-state index contributed by atoms with van der Waals surface area (Å²) in [6, 6.07) is 23.2. The zero-order valence-corrected chi connectivity index (χ0v) is 21.1. The minimum Gasteiger partial charge on any atom is -0.489 e. The van der Waals surface area contributed by atoms with Crippen LogP contribution in [-0.2, 0) is 19.4 Å². The predicted octanol–water partition coefficient (Wildman–Crippen LogP) is 6.94. The molecule has 6 nitrogen and oxygen atoms in total. The Hall–Kier alpha value is -4.10. The number of carbonyl (C=O) groups excluding carboxylic acids is 1. The van der Waals surface area contributed by atoms with Gasteiger partial charge in [-0.2, -0.15) is 0 Å². The average Bonchev–Trinajstić information content (AvgIpc) is 3.56. The van der Waals surface area contributed by atoms with Crippen molar-refractivity contribution in [2.24, 2.45) is 4.99 Å². The highest BCUT2D eigenvalue weighted by atomic mass is 32.1. The van der Waals surface area contributed by atoms with Gasteiger partial charge in [-0.25, -0.2) is 4.99 Å². The van der Waals surface area contributed by atoms with Crippen LogP contribution in [0.3, 0.4) is 0 Å². The summed E-state index contributed by atoms with van der Waals surface area (Å²) in [5.41, 5.74) is 4.61. The molecule has 37 heavy (non-hydrogen) atoms. The van der Waals surface area contributed by atoms with Crippen molar-refractivity contribution >= 4 is 34.1 Å². The van der Waals surface area contributed by atoms with Crippen molar-refractivity contribution in [2.45, 2.75) is 32.3 Å². The number of nitrogens with zero attached hydrogens (tertiary/aromatic N) is 1. The number of rotatable bonds is 7. The molecule has 1 N–H and O–H groups in total. The molecule has 0 atom stereocenters. The summed E-state index contributed by atoms with van der Waals surface area (Å²) in [5.74, 6) is 2.19. The molecule has 0 saturated heterocycles. The smallest absolute Gasteiger partial charge is 0.259 e. The summed E-state index contributed by atoms with van der Waals surface area (Å²) >= 11 is 1.63. The molecule has 7 heteroatoms. The van der Waals surface area contributed by atoms with Gasteiger partial charge in [0, 0.05) is 16.8 Å². The number of carbonyl (C=O) groups is 1. The normalized spacial score (nSPS) is 13.9. The first-order valence-corrected chi connectivity index (χ1v) is 13.2. The zero-order chi connectivity index (χ0) is 25.0. The zero-order valence-electron chi connectivity index (χ0n) is 20.2. The SMILES string of the molecule is O=C(Nc1ccccc1)c1c(/N=C\c2ccc(OCc3ccc4c(c3)OCO4)cc2)sc2c1CCCC2. The van der Waals surface area contributed by atoms with Gasteiger partial charge in [0.25, 0.3) is 5.91 Å². The first kappa shape index (κ1) is 23.3. The molecule has 1 aliphatic heterocycles. The maximum Gasteiger partial charge on any atom is 0.259 e. The van der Waals surface area contributed by atoms with E-state index in [2.05, 4.69) is 5.32 Å². The molecular formula is C30H26N2O4S. The van der Waals surface area contributed by atoms with Crippen LogP contribution < -0.4 is 19.5 Å². The third-order valence-electron chi connectivity index (χ3n) is 6.46. The fourth-order valence-electron chi connectivity index (χ4n) is 4.57. The Morgan fingerprint density at radius 3 is 2.65 bits per heavy atom. The number of anilines is 1. The van der Waals surface area contributed by atoms with Crippen LogP contribution in [0.25, 0.3) is 0 Å². The van der Waals surface area contributed by atoms with Crippen LogP contribution >= 0.6 is 11.3 Å². The van der Waals surface area contributed by atoms with Gasteiger partial charge >= 0.3 is 0 Å². The number of hydrogen-bond acceptors (Lipinski definition) is 6. The molecule has 3 aromatic carbocycles. The second kappa shape index (κ2) is 10.5. The predicted molar refractivity (Wildman–Crippen MR) is 146 cm³/mol. The monoisotopic (exact) mass is 510 g/mol. The largest absolute Gasteiger partial charge is 0.489 e. The van der Waals surface area contributed by atoms with E-state index < -0.39 is 0 Å². The molecule has 1 aliphatic carbocycles. The van der Waals surface area contributed by atoms with Crippen LogP contribution in [0.2, 0.25) is 0 Å². The molecule has 6 rings (SSSR count). The van der Waals surface area contributed by atoms with E-state index in [0.29, 0.717) is 12.2 Å². The topological polar surface area (TPSA) is 69.2 Å². The van der Waals surface area contributed by atoms with Crippen LogP contribution in [0.1, 0.15) is 44.8 Å². The van der Waals surface area contributed by atoms with Crippen LogP contribution in [-0.4, -0.2) is 18.9 Å². The van der Waals surface area contributed by atoms with Crippen LogP contribution in [0.4, 0.5) is 10.7 Å². The standard InChI is InChI=1S/C30H26N2O4S/c33-29(32-22-6-2-1-3-7-22)28-24-8-4-5-9-27(24)37-30(28)31-17-20-10-13-23(14-11-20)34-18-21-12-15-25-26(16-21)36-19-35-25/h1-3,6-7,10-17H,4-5,8-9,18-19H2,(H,32,33)/b31-17-. The molecule has 0 radical (unpaired) electrons. The van der Waals surface area contributed by atoms with Gasteiger partial charge in [0.15, 0.2) is 11.5 Å². The van der Waals surface area contributed by atoms with Crippen molar-refractivity contribution in [1.82, 2.24) is 0 Å². The van der Waals surface area contributed by atoms with Crippen LogP contribution in [0.5, 0.6) is 17.2 Å². The highest BCUT2D eigenvalue weighted by molar-refractivity contribution is 7.16. The first-order chi connectivity index (χ1) is 18.2. The van der Waals surface area contributed by atoms with E-state index >= 15 is 0 Å². The van der Waals surface area contributed by atoms with Gasteiger partial charge < -0.3 is 19.5 Å². The first-order valence-electron chi connectivity index (χ1n) is 12.4. The molecule has 0 saturated carbocycles. The summed E-state index contributed by atoms with van der Waals surface area (Å²) in [6.45, 7) is 0.695. The molecule has 0 bridgehead atoms. The van der Waals surface area contributed by atoms with Crippen molar-refractivity contribution in [2.75, 3.05) is 12.1 Å².